The van der Waals surface area contributed by atoms with Gasteiger partial charge in [-0.15, -0.1) is 0 Å². The van der Waals surface area contributed by atoms with Gasteiger partial charge >= 0.3 is 5.97 Å². The molecule has 4 heteroatoms. The molecule has 0 heterocycles. The smallest absolute Gasteiger partial charge is 0.303 e. The number of hydrogen-bond acceptors (Lipinski definition) is 2. The van der Waals surface area contributed by atoms with Gasteiger partial charge in [-0.2, -0.15) is 0 Å². The molecule has 0 spiro atoms. The second-order valence-electron chi connectivity index (χ2n) is 5.83. The number of amides is 1. The maximum absolute atomic E-state index is 11.9. The second kappa shape index (κ2) is 5.03. The predicted molar refractivity (Wildman–Crippen MR) is 72.9 cm³/mol. The summed E-state index contributed by atoms with van der Waals surface area (Å²) < 4.78 is 0. The molecule has 1 fully saturated rings. The van der Waals surface area contributed by atoms with E-state index in [1.54, 1.807) is 0 Å². The fraction of sp³-hybridized carbons (Fsp3) is 0.467. The van der Waals surface area contributed by atoms with Crippen LogP contribution in [0.1, 0.15) is 32.3 Å². The Balaban J connectivity index is 1.88. The lowest BCUT2D eigenvalue weighted by atomic mass is 10.1. The van der Waals surface area contributed by atoms with E-state index < -0.39 is 5.97 Å². The van der Waals surface area contributed by atoms with Gasteiger partial charge in [0.2, 0.25) is 5.91 Å². The summed E-state index contributed by atoms with van der Waals surface area (Å²) in [6.45, 7) is 4.18. The third-order valence-electron chi connectivity index (χ3n) is 3.68. The van der Waals surface area contributed by atoms with E-state index in [0.29, 0.717) is 6.42 Å². The molecule has 1 aliphatic carbocycles. The quantitative estimate of drug-likeness (QED) is 0.856. The number of benzene rings is 1. The van der Waals surface area contributed by atoms with Gasteiger partial charge in [0.25, 0.3) is 0 Å². The summed E-state index contributed by atoms with van der Waals surface area (Å²) in [5.74, 6) is -0.615. The van der Waals surface area contributed by atoms with Gasteiger partial charge < -0.3 is 10.4 Å². The third-order valence-corrected chi connectivity index (χ3v) is 3.68. The van der Waals surface area contributed by atoms with E-state index in [0.717, 1.165) is 17.7 Å². The van der Waals surface area contributed by atoms with Gasteiger partial charge in [-0.25, -0.2) is 0 Å². The fourth-order valence-electron chi connectivity index (χ4n) is 2.15. The molecule has 1 aliphatic rings. The first-order valence-corrected chi connectivity index (χ1v) is 6.50. The van der Waals surface area contributed by atoms with Crippen molar-refractivity contribution in [2.24, 2.45) is 11.3 Å². The third kappa shape index (κ3) is 3.56. The number of carbonyl (C=O) groups is 2. The highest BCUT2D eigenvalue weighted by Gasteiger charge is 2.50. The number of carboxylic acids is 1. The maximum Gasteiger partial charge on any atom is 0.303 e. The summed E-state index contributed by atoms with van der Waals surface area (Å²) in [7, 11) is 0. The van der Waals surface area contributed by atoms with Crippen LogP contribution in [0.4, 0.5) is 5.69 Å². The first kappa shape index (κ1) is 13.6. The van der Waals surface area contributed by atoms with Crippen LogP contribution in [0.25, 0.3) is 0 Å². The average molecular weight is 261 g/mol. The molecule has 1 amide bonds. The number of anilines is 1. The van der Waals surface area contributed by atoms with E-state index in [9.17, 15) is 9.59 Å². The van der Waals surface area contributed by atoms with Crippen LogP contribution in [0.15, 0.2) is 24.3 Å². The van der Waals surface area contributed by atoms with Crippen molar-refractivity contribution in [2.75, 3.05) is 5.32 Å². The monoisotopic (exact) mass is 261 g/mol. The van der Waals surface area contributed by atoms with Crippen LogP contribution in [0.5, 0.6) is 0 Å². The molecule has 102 valence electrons. The summed E-state index contributed by atoms with van der Waals surface area (Å²) in [4.78, 5) is 22.4. The molecule has 0 aliphatic heterocycles. The van der Waals surface area contributed by atoms with E-state index in [1.165, 1.54) is 0 Å². The number of hydrogen-bond donors (Lipinski definition) is 2. The van der Waals surface area contributed by atoms with Crippen molar-refractivity contribution >= 4 is 17.6 Å². The summed E-state index contributed by atoms with van der Waals surface area (Å²) >= 11 is 0. The molecule has 2 N–H and O–H groups in total. The Kier molecular flexibility index (Phi) is 3.60. The van der Waals surface area contributed by atoms with Crippen LogP contribution in [-0.4, -0.2) is 17.0 Å². The van der Waals surface area contributed by atoms with Crippen LogP contribution in [0.3, 0.4) is 0 Å². The minimum atomic E-state index is -0.798. The van der Waals surface area contributed by atoms with Crippen molar-refractivity contribution in [3.63, 3.8) is 0 Å². The van der Waals surface area contributed by atoms with Crippen molar-refractivity contribution in [3.8, 4) is 0 Å². The number of rotatable bonds is 5. The minimum Gasteiger partial charge on any atom is -0.481 e. The predicted octanol–water partition coefficient (Wildman–Crippen LogP) is 2.69. The van der Waals surface area contributed by atoms with Gasteiger partial charge in [0.05, 0.1) is 0 Å². The van der Waals surface area contributed by atoms with Crippen molar-refractivity contribution in [2.45, 2.75) is 33.1 Å². The lowest BCUT2D eigenvalue weighted by molar-refractivity contribution is -0.137. The van der Waals surface area contributed by atoms with E-state index >= 15 is 0 Å². The average Bonchev–Trinajstić information content (AvgIpc) is 2.98. The summed E-state index contributed by atoms with van der Waals surface area (Å²) in [6, 6.07) is 7.36. The van der Waals surface area contributed by atoms with Crippen molar-refractivity contribution < 1.29 is 14.7 Å². The Morgan fingerprint density at radius 3 is 2.37 bits per heavy atom. The SMILES string of the molecule is CC1(C)CC1C(=O)Nc1ccc(CCC(=O)O)cc1. The molecule has 1 unspecified atom stereocenters. The topological polar surface area (TPSA) is 66.4 Å². The molecule has 1 atom stereocenters. The molecule has 1 saturated carbocycles. The number of aliphatic carboxylic acids is 1. The zero-order valence-corrected chi connectivity index (χ0v) is 11.3. The molecule has 2 rings (SSSR count). The molecule has 0 bridgehead atoms. The molecular formula is C15H19NO3. The highest BCUT2D eigenvalue weighted by molar-refractivity contribution is 5.94. The zero-order chi connectivity index (χ0) is 14.0. The van der Waals surface area contributed by atoms with Crippen molar-refractivity contribution in [1.82, 2.24) is 0 Å². The summed E-state index contributed by atoms with van der Waals surface area (Å²) in [5.41, 5.74) is 1.87. The highest BCUT2D eigenvalue weighted by atomic mass is 16.4. The van der Waals surface area contributed by atoms with E-state index in [1.807, 2.05) is 24.3 Å². The van der Waals surface area contributed by atoms with Gasteiger partial charge in [-0.3, -0.25) is 9.59 Å². The first-order valence-electron chi connectivity index (χ1n) is 6.50. The van der Waals surface area contributed by atoms with E-state index in [-0.39, 0.29) is 23.7 Å². The van der Waals surface area contributed by atoms with Crippen molar-refractivity contribution in [1.29, 1.82) is 0 Å². The lowest BCUT2D eigenvalue weighted by Gasteiger charge is -2.07. The number of nitrogens with one attached hydrogen (secondary N) is 1. The number of carbonyl (C=O) groups excluding carboxylic acids is 1. The van der Waals surface area contributed by atoms with Crippen LogP contribution in [0, 0.1) is 11.3 Å². The molecular weight excluding hydrogens is 242 g/mol. The first-order chi connectivity index (χ1) is 8.88. The Morgan fingerprint density at radius 1 is 1.32 bits per heavy atom. The Hall–Kier alpha value is -1.84. The van der Waals surface area contributed by atoms with Crippen LogP contribution < -0.4 is 5.32 Å². The normalized spacial score (nSPS) is 19.8. The Labute approximate surface area is 112 Å². The van der Waals surface area contributed by atoms with Gasteiger partial charge in [0.15, 0.2) is 0 Å². The Bertz CT molecular complexity index is 491. The van der Waals surface area contributed by atoms with Gasteiger partial charge in [0.1, 0.15) is 0 Å². The molecule has 1 aromatic rings. The zero-order valence-electron chi connectivity index (χ0n) is 11.3. The summed E-state index contributed by atoms with van der Waals surface area (Å²) in [5, 5.41) is 11.5. The highest BCUT2D eigenvalue weighted by Crippen LogP contribution is 2.51. The maximum atomic E-state index is 11.9. The molecule has 0 saturated heterocycles. The van der Waals surface area contributed by atoms with E-state index in [2.05, 4.69) is 19.2 Å². The second-order valence-corrected chi connectivity index (χ2v) is 5.83. The standard InChI is InChI=1S/C15H19NO3/c1-15(2)9-12(15)14(19)16-11-6-3-10(4-7-11)5-8-13(17)18/h3-4,6-7,12H,5,8-9H2,1-2H3,(H,16,19)(H,17,18). The van der Waals surface area contributed by atoms with Gasteiger partial charge in [0, 0.05) is 18.0 Å². The van der Waals surface area contributed by atoms with E-state index in [4.69, 9.17) is 5.11 Å². The largest absolute Gasteiger partial charge is 0.481 e. The number of carboxylic acid groups (broad SMARTS) is 1. The lowest BCUT2D eigenvalue weighted by Crippen LogP contribution is -2.16. The van der Waals surface area contributed by atoms with Gasteiger partial charge in [-0.05, 0) is 36.0 Å². The fourth-order valence-corrected chi connectivity index (χ4v) is 2.15. The Morgan fingerprint density at radius 2 is 1.89 bits per heavy atom. The van der Waals surface area contributed by atoms with Crippen molar-refractivity contribution in [3.05, 3.63) is 29.8 Å². The molecule has 0 radical (unpaired) electrons. The molecule has 1 aromatic carbocycles. The molecule has 4 nitrogen and oxygen atoms in total. The minimum absolute atomic E-state index is 0.0725. The van der Waals surface area contributed by atoms with Crippen LogP contribution >= 0.6 is 0 Å². The van der Waals surface area contributed by atoms with Crippen LogP contribution in [-0.2, 0) is 16.0 Å². The van der Waals surface area contributed by atoms with Crippen LogP contribution in [0.2, 0.25) is 0 Å². The molecule has 0 aromatic heterocycles. The summed E-state index contributed by atoms with van der Waals surface area (Å²) in [6.07, 6.45) is 1.58. The molecule has 19 heavy (non-hydrogen) atoms. The number of aryl methyl sites for hydroxylation is 1. The van der Waals surface area contributed by atoms with Gasteiger partial charge in [-0.1, -0.05) is 26.0 Å².